The Balaban J connectivity index is 1.81. The number of rotatable bonds is 1. The van der Waals surface area contributed by atoms with Crippen LogP contribution in [0.3, 0.4) is 0 Å². The van der Waals surface area contributed by atoms with Crippen molar-refractivity contribution in [3.63, 3.8) is 0 Å². The second kappa shape index (κ2) is 7.60. The summed E-state index contributed by atoms with van der Waals surface area (Å²) in [6.45, 7) is 1.30. The van der Waals surface area contributed by atoms with Gasteiger partial charge in [0, 0.05) is 22.0 Å². The fourth-order valence-electron chi connectivity index (χ4n) is 2.99. The van der Waals surface area contributed by atoms with Crippen LogP contribution in [0.15, 0.2) is 50.8 Å². The maximum absolute atomic E-state index is 13.0. The second-order valence-electron chi connectivity index (χ2n) is 6.09. The number of hydrogen-bond donors (Lipinski definition) is 1. The van der Waals surface area contributed by atoms with Crippen molar-refractivity contribution in [3.05, 3.63) is 61.4 Å². The number of aliphatic imine (C=N–C) groups is 1. The Bertz CT molecular complexity index is 1180. The molecule has 1 fully saturated rings. The van der Waals surface area contributed by atoms with E-state index in [9.17, 15) is 14.4 Å². The molecule has 0 aliphatic carbocycles. The van der Waals surface area contributed by atoms with E-state index in [-0.39, 0.29) is 15.6 Å². The summed E-state index contributed by atoms with van der Waals surface area (Å²) in [6, 6.07) is 9.89. The summed E-state index contributed by atoms with van der Waals surface area (Å²) in [4.78, 5) is 43.2. The van der Waals surface area contributed by atoms with Crippen molar-refractivity contribution in [2.24, 2.45) is 4.99 Å². The standard InChI is InChI=1S/C19H10BrCl2N3O3S/c1-8(26)25-14-5-2-9(20)6-11(14)15(18(25)28)16-17(27)24-19(29-16)23-13-4-3-10(21)7-12(13)22/h2-7H,1H3,(H,23,24,27). The fraction of sp³-hybridized carbons (Fsp3) is 0.0526. The third-order valence-electron chi connectivity index (χ3n) is 4.18. The minimum Gasteiger partial charge on any atom is -0.300 e. The molecular formula is C19H10BrCl2N3O3S. The van der Waals surface area contributed by atoms with Gasteiger partial charge in [0.15, 0.2) is 5.17 Å². The van der Waals surface area contributed by atoms with Gasteiger partial charge in [-0.2, -0.15) is 0 Å². The molecule has 2 aromatic rings. The molecule has 0 aromatic heterocycles. The lowest BCUT2D eigenvalue weighted by Gasteiger charge is -2.11. The van der Waals surface area contributed by atoms with Crippen LogP contribution in [0.5, 0.6) is 0 Å². The van der Waals surface area contributed by atoms with Crippen LogP contribution in [0.2, 0.25) is 10.0 Å². The number of imide groups is 1. The molecule has 29 heavy (non-hydrogen) atoms. The summed E-state index contributed by atoms with van der Waals surface area (Å²) in [5.41, 5.74) is 1.53. The number of carbonyl (C=O) groups excluding carboxylic acids is 3. The van der Waals surface area contributed by atoms with Crippen LogP contribution in [0.1, 0.15) is 12.5 Å². The number of thioether (sulfide) groups is 1. The first kappa shape index (κ1) is 20.2. The van der Waals surface area contributed by atoms with Gasteiger partial charge in [-0.25, -0.2) is 9.89 Å². The Kier molecular flexibility index (Phi) is 5.29. The van der Waals surface area contributed by atoms with Gasteiger partial charge in [0.05, 0.1) is 26.9 Å². The zero-order chi connectivity index (χ0) is 20.9. The number of amides is 3. The first-order chi connectivity index (χ1) is 13.8. The Hall–Kier alpha value is -2.13. The van der Waals surface area contributed by atoms with Gasteiger partial charge in [0.1, 0.15) is 0 Å². The van der Waals surface area contributed by atoms with Crippen molar-refractivity contribution in [3.8, 4) is 0 Å². The van der Waals surface area contributed by atoms with Gasteiger partial charge in [-0.3, -0.25) is 14.4 Å². The summed E-state index contributed by atoms with van der Waals surface area (Å²) >= 11 is 16.4. The molecule has 146 valence electrons. The summed E-state index contributed by atoms with van der Waals surface area (Å²) < 4.78 is 0.720. The van der Waals surface area contributed by atoms with Crippen molar-refractivity contribution in [1.29, 1.82) is 0 Å². The van der Waals surface area contributed by atoms with E-state index >= 15 is 0 Å². The molecule has 0 saturated carbocycles. The first-order valence-corrected chi connectivity index (χ1v) is 10.5. The minimum atomic E-state index is -0.547. The molecule has 2 aromatic carbocycles. The summed E-state index contributed by atoms with van der Waals surface area (Å²) in [5, 5.41) is 3.70. The van der Waals surface area contributed by atoms with Gasteiger partial charge in [-0.1, -0.05) is 39.1 Å². The highest BCUT2D eigenvalue weighted by Gasteiger charge is 2.41. The maximum atomic E-state index is 13.0. The lowest BCUT2D eigenvalue weighted by atomic mass is 10.1. The fourth-order valence-corrected chi connectivity index (χ4v) is 4.73. The van der Waals surface area contributed by atoms with Gasteiger partial charge in [0.25, 0.3) is 11.8 Å². The molecular weight excluding hydrogens is 501 g/mol. The zero-order valence-electron chi connectivity index (χ0n) is 14.6. The highest BCUT2D eigenvalue weighted by Crippen LogP contribution is 2.44. The van der Waals surface area contributed by atoms with E-state index in [0.717, 1.165) is 21.1 Å². The Morgan fingerprint density at radius 1 is 1.17 bits per heavy atom. The zero-order valence-corrected chi connectivity index (χ0v) is 18.5. The molecule has 1 N–H and O–H groups in total. The van der Waals surface area contributed by atoms with Crippen LogP contribution in [-0.2, 0) is 14.4 Å². The molecule has 3 amide bonds. The molecule has 4 rings (SSSR count). The van der Waals surface area contributed by atoms with E-state index in [2.05, 4.69) is 26.2 Å². The number of carbonyl (C=O) groups is 3. The smallest absolute Gasteiger partial charge is 0.267 e. The van der Waals surface area contributed by atoms with E-state index in [1.807, 2.05) is 0 Å². The normalized spacial score (nSPS) is 19.7. The number of nitrogens with one attached hydrogen (secondary N) is 1. The average Bonchev–Trinajstić information content (AvgIpc) is 3.13. The number of nitrogens with zero attached hydrogens (tertiary/aromatic N) is 2. The summed E-state index contributed by atoms with van der Waals surface area (Å²) in [5.74, 6) is -1.45. The quantitative estimate of drug-likeness (QED) is 0.553. The lowest BCUT2D eigenvalue weighted by molar-refractivity contribution is -0.122. The molecule has 2 aliphatic rings. The van der Waals surface area contributed by atoms with Gasteiger partial charge >= 0.3 is 0 Å². The van der Waals surface area contributed by atoms with Crippen LogP contribution in [0.4, 0.5) is 11.4 Å². The molecule has 0 radical (unpaired) electrons. The Morgan fingerprint density at radius 2 is 1.93 bits per heavy atom. The number of amidine groups is 1. The number of fused-ring (bicyclic) bond motifs is 1. The van der Waals surface area contributed by atoms with Gasteiger partial charge in [-0.05, 0) is 48.2 Å². The minimum absolute atomic E-state index is 0.159. The molecule has 2 aliphatic heterocycles. The first-order valence-electron chi connectivity index (χ1n) is 8.18. The lowest BCUT2D eigenvalue weighted by Crippen LogP contribution is -2.31. The molecule has 6 nitrogen and oxygen atoms in total. The molecule has 0 unspecified atom stereocenters. The summed E-state index contributed by atoms with van der Waals surface area (Å²) in [6.07, 6.45) is 0. The van der Waals surface area contributed by atoms with Crippen LogP contribution in [-0.4, -0.2) is 22.9 Å². The molecule has 0 bridgehead atoms. The van der Waals surface area contributed by atoms with E-state index < -0.39 is 17.7 Å². The number of halogens is 3. The third kappa shape index (κ3) is 3.61. The second-order valence-corrected chi connectivity index (χ2v) is 8.85. The molecule has 0 spiro atoms. The summed E-state index contributed by atoms with van der Waals surface area (Å²) in [7, 11) is 0. The molecule has 2 heterocycles. The highest BCUT2D eigenvalue weighted by atomic mass is 79.9. The van der Waals surface area contributed by atoms with Crippen LogP contribution in [0, 0.1) is 0 Å². The number of anilines is 1. The predicted octanol–water partition coefficient (Wildman–Crippen LogP) is 4.91. The third-order valence-corrected chi connectivity index (χ3v) is 6.20. The van der Waals surface area contributed by atoms with Crippen LogP contribution in [0.25, 0.3) is 5.57 Å². The van der Waals surface area contributed by atoms with E-state index in [1.165, 1.54) is 6.92 Å². The van der Waals surface area contributed by atoms with Crippen LogP contribution < -0.4 is 10.2 Å². The molecule has 0 atom stereocenters. The number of benzene rings is 2. The monoisotopic (exact) mass is 509 g/mol. The van der Waals surface area contributed by atoms with E-state index in [0.29, 0.717) is 27.0 Å². The highest BCUT2D eigenvalue weighted by molar-refractivity contribution is 9.10. The maximum Gasteiger partial charge on any atom is 0.267 e. The Morgan fingerprint density at radius 3 is 2.62 bits per heavy atom. The largest absolute Gasteiger partial charge is 0.300 e. The predicted molar refractivity (Wildman–Crippen MR) is 119 cm³/mol. The SMILES string of the molecule is CC(=O)N1C(=O)C(=C2SC(=Nc3ccc(Cl)cc3Cl)NC2=O)c2cc(Br)ccc21. The van der Waals surface area contributed by atoms with E-state index in [4.69, 9.17) is 23.2 Å². The van der Waals surface area contributed by atoms with Gasteiger partial charge in [0.2, 0.25) is 5.91 Å². The van der Waals surface area contributed by atoms with Crippen molar-refractivity contribution in [2.45, 2.75) is 6.92 Å². The van der Waals surface area contributed by atoms with E-state index in [1.54, 1.807) is 36.4 Å². The Labute approximate surface area is 188 Å². The molecule has 1 saturated heterocycles. The number of hydrogen-bond acceptors (Lipinski definition) is 5. The van der Waals surface area contributed by atoms with Crippen molar-refractivity contribution in [2.75, 3.05) is 4.90 Å². The average molecular weight is 511 g/mol. The van der Waals surface area contributed by atoms with Gasteiger partial charge in [-0.15, -0.1) is 0 Å². The van der Waals surface area contributed by atoms with Crippen molar-refractivity contribution < 1.29 is 14.4 Å². The van der Waals surface area contributed by atoms with Gasteiger partial charge < -0.3 is 5.32 Å². The van der Waals surface area contributed by atoms with Crippen molar-refractivity contribution in [1.82, 2.24) is 5.32 Å². The van der Waals surface area contributed by atoms with Crippen molar-refractivity contribution >= 4 is 90.7 Å². The topological polar surface area (TPSA) is 78.8 Å². The molecule has 10 heteroatoms. The van der Waals surface area contributed by atoms with Crippen LogP contribution >= 0.6 is 50.9 Å².